The first-order chi connectivity index (χ1) is 6.86. The Labute approximate surface area is 87.9 Å². The summed E-state index contributed by atoms with van der Waals surface area (Å²) >= 11 is 0. The Morgan fingerprint density at radius 3 is 2.57 bits per heavy atom. The molecule has 0 fully saturated rings. The number of nitrogens with one attached hydrogen (secondary N) is 1. The fraction of sp³-hybridized carbons (Fsp3) is 0.385. The van der Waals surface area contributed by atoms with E-state index in [1.807, 2.05) is 20.9 Å². The van der Waals surface area contributed by atoms with E-state index in [-0.39, 0.29) is 0 Å². The van der Waals surface area contributed by atoms with E-state index >= 15 is 0 Å². The smallest absolute Gasteiger partial charge is 0.0343 e. The van der Waals surface area contributed by atoms with Crippen LogP contribution in [0, 0.1) is 0 Å². The van der Waals surface area contributed by atoms with Crippen LogP contribution in [0.25, 0.3) is 6.08 Å². The van der Waals surface area contributed by atoms with Crippen LogP contribution in [-0.4, -0.2) is 7.05 Å². The maximum Gasteiger partial charge on any atom is 0.0343 e. The first kappa shape index (κ1) is 12.8. The van der Waals surface area contributed by atoms with Gasteiger partial charge in [-0.2, -0.15) is 0 Å². The molecule has 1 nitrogen and oxygen atoms in total. The van der Waals surface area contributed by atoms with Crippen molar-refractivity contribution >= 4 is 11.8 Å². The Balaban J connectivity index is 0.000000791. The molecule has 0 aliphatic rings. The molecule has 1 aromatic carbocycles. The van der Waals surface area contributed by atoms with Crippen LogP contribution in [-0.2, 0) is 0 Å². The van der Waals surface area contributed by atoms with Gasteiger partial charge < -0.3 is 5.32 Å². The van der Waals surface area contributed by atoms with E-state index in [2.05, 4.69) is 48.7 Å². The fourth-order valence-corrected chi connectivity index (χ4v) is 1.05. The minimum Gasteiger partial charge on any atom is -0.388 e. The summed E-state index contributed by atoms with van der Waals surface area (Å²) in [6.07, 6.45) is 5.39. The van der Waals surface area contributed by atoms with Crippen LogP contribution in [0.5, 0.6) is 0 Å². The Bertz CT molecular complexity index is 264. The molecule has 0 aliphatic heterocycles. The fourth-order valence-electron chi connectivity index (χ4n) is 1.05. The van der Waals surface area contributed by atoms with Crippen molar-refractivity contribution in [3.8, 4) is 0 Å². The van der Waals surface area contributed by atoms with Gasteiger partial charge in [-0.25, -0.2) is 0 Å². The van der Waals surface area contributed by atoms with Gasteiger partial charge in [0.25, 0.3) is 0 Å². The van der Waals surface area contributed by atoms with Gasteiger partial charge in [-0.1, -0.05) is 45.1 Å². The molecule has 1 N–H and O–H groups in total. The average molecular weight is 191 g/mol. The second-order valence-corrected chi connectivity index (χ2v) is 2.69. The maximum atomic E-state index is 3.11. The van der Waals surface area contributed by atoms with Gasteiger partial charge >= 0.3 is 0 Å². The summed E-state index contributed by atoms with van der Waals surface area (Å²) in [6.45, 7) is 6.14. The third kappa shape index (κ3) is 4.70. The predicted molar refractivity (Wildman–Crippen MR) is 66.7 cm³/mol. The molecule has 1 rings (SSSR count). The zero-order chi connectivity index (χ0) is 10.8. The van der Waals surface area contributed by atoms with E-state index in [0.717, 1.165) is 12.1 Å². The van der Waals surface area contributed by atoms with Crippen molar-refractivity contribution in [3.63, 3.8) is 0 Å². The lowest BCUT2D eigenvalue weighted by molar-refractivity contribution is 1.23. The highest BCUT2D eigenvalue weighted by Crippen LogP contribution is 2.10. The topological polar surface area (TPSA) is 12.0 Å². The van der Waals surface area contributed by atoms with Crippen molar-refractivity contribution in [3.05, 3.63) is 35.9 Å². The minimum absolute atomic E-state index is 1.09. The summed E-state index contributed by atoms with van der Waals surface area (Å²) < 4.78 is 0. The van der Waals surface area contributed by atoms with Crippen LogP contribution >= 0.6 is 0 Å². The van der Waals surface area contributed by atoms with Crippen molar-refractivity contribution in [2.75, 3.05) is 12.4 Å². The van der Waals surface area contributed by atoms with Gasteiger partial charge in [0.1, 0.15) is 0 Å². The van der Waals surface area contributed by atoms with Gasteiger partial charge in [0.15, 0.2) is 0 Å². The summed E-state index contributed by atoms with van der Waals surface area (Å²) in [6, 6.07) is 8.35. The average Bonchev–Trinajstić information content (AvgIpc) is 2.29. The van der Waals surface area contributed by atoms with Gasteiger partial charge in [0.05, 0.1) is 0 Å². The summed E-state index contributed by atoms with van der Waals surface area (Å²) in [5, 5.41) is 3.11. The molecule has 0 unspecified atom stereocenters. The monoisotopic (exact) mass is 191 g/mol. The molecule has 14 heavy (non-hydrogen) atoms. The molecule has 0 heterocycles. The number of rotatable bonds is 3. The first-order valence-corrected chi connectivity index (χ1v) is 5.31. The molecular formula is C13H21N. The van der Waals surface area contributed by atoms with Crippen LogP contribution in [0.3, 0.4) is 0 Å². The SMILES string of the molecule is CC.CC/C=C/c1cccc(NC)c1. The molecule has 0 spiro atoms. The molecule has 1 aromatic rings. The van der Waals surface area contributed by atoms with Crippen LogP contribution in [0.15, 0.2) is 30.3 Å². The highest BCUT2D eigenvalue weighted by molar-refractivity contribution is 5.56. The molecule has 0 amide bonds. The van der Waals surface area contributed by atoms with E-state index in [0.29, 0.717) is 0 Å². The standard InChI is InChI=1S/C11H15N.C2H6/c1-3-4-6-10-7-5-8-11(9-10)12-2;1-2/h4-9,12H,3H2,1-2H3;1-2H3/b6-4+;. The van der Waals surface area contributed by atoms with Crippen molar-refractivity contribution in [2.24, 2.45) is 0 Å². The molecule has 0 aromatic heterocycles. The van der Waals surface area contributed by atoms with E-state index in [9.17, 15) is 0 Å². The minimum atomic E-state index is 1.09. The molecular weight excluding hydrogens is 170 g/mol. The third-order valence-electron chi connectivity index (χ3n) is 1.72. The van der Waals surface area contributed by atoms with Crippen molar-refractivity contribution in [2.45, 2.75) is 27.2 Å². The Morgan fingerprint density at radius 1 is 1.29 bits per heavy atom. The predicted octanol–water partition coefficient (Wildman–Crippen LogP) is 4.18. The highest BCUT2D eigenvalue weighted by atomic mass is 14.8. The summed E-state index contributed by atoms with van der Waals surface area (Å²) in [7, 11) is 1.93. The lowest BCUT2D eigenvalue weighted by atomic mass is 10.2. The van der Waals surface area contributed by atoms with Crippen LogP contribution in [0.2, 0.25) is 0 Å². The second-order valence-electron chi connectivity index (χ2n) is 2.69. The van der Waals surface area contributed by atoms with E-state index in [4.69, 9.17) is 0 Å². The molecule has 0 atom stereocenters. The normalized spacial score (nSPS) is 9.43. The zero-order valence-corrected chi connectivity index (χ0v) is 9.67. The van der Waals surface area contributed by atoms with Gasteiger partial charge in [0, 0.05) is 12.7 Å². The summed E-state index contributed by atoms with van der Waals surface area (Å²) in [5.41, 5.74) is 2.41. The van der Waals surface area contributed by atoms with Crippen molar-refractivity contribution < 1.29 is 0 Å². The molecule has 0 aliphatic carbocycles. The van der Waals surface area contributed by atoms with Crippen LogP contribution < -0.4 is 5.32 Å². The summed E-state index contributed by atoms with van der Waals surface area (Å²) in [4.78, 5) is 0. The molecule has 0 radical (unpaired) electrons. The molecule has 1 heteroatoms. The molecule has 0 saturated heterocycles. The Morgan fingerprint density at radius 2 is 2.00 bits per heavy atom. The van der Waals surface area contributed by atoms with Crippen LogP contribution in [0.4, 0.5) is 5.69 Å². The van der Waals surface area contributed by atoms with Crippen LogP contribution in [0.1, 0.15) is 32.8 Å². The molecule has 0 bridgehead atoms. The molecule has 78 valence electrons. The Kier molecular flexibility index (Phi) is 7.62. The lowest BCUT2D eigenvalue weighted by Crippen LogP contribution is -1.86. The molecule has 0 saturated carbocycles. The van der Waals surface area contributed by atoms with Crippen molar-refractivity contribution in [1.29, 1.82) is 0 Å². The number of anilines is 1. The second kappa shape index (κ2) is 8.36. The van der Waals surface area contributed by atoms with E-state index < -0.39 is 0 Å². The van der Waals surface area contributed by atoms with Gasteiger partial charge in [-0.05, 0) is 24.1 Å². The number of hydrogen-bond donors (Lipinski definition) is 1. The quantitative estimate of drug-likeness (QED) is 0.755. The van der Waals surface area contributed by atoms with Crippen molar-refractivity contribution in [1.82, 2.24) is 0 Å². The van der Waals surface area contributed by atoms with Gasteiger partial charge in [-0.3, -0.25) is 0 Å². The largest absolute Gasteiger partial charge is 0.388 e. The van der Waals surface area contributed by atoms with E-state index in [1.165, 1.54) is 5.56 Å². The maximum absolute atomic E-state index is 3.11. The lowest BCUT2D eigenvalue weighted by Gasteiger charge is -1.99. The third-order valence-corrected chi connectivity index (χ3v) is 1.72. The first-order valence-electron chi connectivity index (χ1n) is 5.31. The number of allylic oxidation sites excluding steroid dienone is 1. The summed E-state index contributed by atoms with van der Waals surface area (Å²) in [5.74, 6) is 0. The van der Waals surface area contributed by atoms with E-state index in [1.54, 1.807) is 0 Å². The number of benzene rings is 1. The van der Waals surface area contributed by atoms with Gasteiger partial charge in [0.2, 0.25) is 0 Å². The zero-order valence-electron chi connectivity index (χ0n) is 9.67. The number of hydrogen-bond acceptors (Lipinski definition) is 1. The van der Waals surface area contributed by atoms with Gasteiger partial charge in [-0.15, -0.1) is 0 Å². The Hall–Kier alpha value is -1.24. The highest BCUT2D eigenvalue weighted by Gasteiger charge is 1.88.